The van der Waals surface area contributed by atoms with Gasteiger partial charge in [0.15, 0.2) is 11.9 Å². The van der Waals surface area contributed by atoms with Gasteiger partial charge in [-0.25, -0.2) is 4.79 Å². The van der Waals surface area contributed by atoms with Crippen LogP contribution in [0.1, 0.15) is 34.6 Å². The number of nitro benzene ring substituents is 1. The average molecular weight is 371 g/mol. The molecule has 2 rings (SSSR count). The van der Waals surface area contributed by atoms with Crippen LogP contribution in [-0.2, 0) is 9.53 Å². The molecule has 0 heterocycles. The highest BCUT2D eigenvalue weighted by atomic mass is 16.6. The largest absolute Gasteiger partial charge is 0.449 e. The van der Waals surface area contributed by atoms with Crippen molar-refractivity contribution in [3.05, 3.63) is 63.7 Å². The van der Waals surface area contributed by atoms with Crippen LogP contribution in [-0.4, -0.2) is 28.7 Å². The third kappa shape index (κ3) is 4.88. The summed E-state index contributed by atoms with van der Waals surface area (Å²) in [4.78, 5) is 45.7. The summed E-state index contributed by atoms with van der Waals surface area (Å²) in [5.41, 5.74) is 5.79. The van der Waals surface area contributed by atoms with E-state index in [2.05, 4.69) is 5.32 Å². The molecule has 0 spiro atoms. The summed E-state index contributed by atoms with van der Waals surface area (Å²) >= 11 is 0. The number of anilines is 2. The first kappa shape index (κ1) is 19.6. The topological polar surface area (TPSA) is 142 Å². The van der Waals surface area contributed by atoms with Gasteiger partial charge in [0.1, 0.15) is 5.69 Å². The zero-order valence-corrected chi connectivity index (χ0v) is 14.6. The highest BCUT2D eigenvalue weighted by Gasteiger charge is 2.21. The molecule has 0 aliphatic carbocycles. The van der Waals surface area contributed by atoms with Gasteiger partial charge in [0.05, 0.1) is 10.5 Å². The molecule has 140 valence electrons. The number of carbonyl (C=O) groups is 3. The Kier molecular flexibility index (Phi) is 5.86. The molecule has 9 heteroatoms. The maximum Gasteiger partial charge on any atom is 0.339 e. The van der Waals surface area contributed by atoms with Crippen LogP contribution >= 0.6 is 0 Å². The van der Waals surface area contributed by atoms with E-state index in [0.29, 0.717) is 11.3 Å². The molecule has 1 amide bonds. The van der Waals surface area contributed by atoms with Crippen molar-refractivity contribution in [3.63, 3.8) is 0 Å². The van der Waals surface area contributed by atoms with E-state index in [0.717, 1.165) is 6.07 Å². The number of ketones is 1. The van der Waals surface area contributed by atoms with Crippen LogP contribution < -0.4 is 11.1 Å². The van der Waals surface area contributed by atoms with Crippen LogP contribution in [0.2, 0.25) is 0 Å². The number of hydrogen-bond acceptors (Lipinski definition) is 7. The Morgan fingerprint density at radius 2 is 1.70 bits per heavy atom. The molecule has 0 saturated heterocycles. The van der Waals surface area contributed by atoms with Gasteiger partial charge in [-0.2, -0.15) is 0 Å². The van der Waals surface area contributed by atoms with Crippen molar-refractivity contribution in [1.29, 1.82) is 0 Å². The van der Waals surface area contributed by atoms with Gasteiger partial charge >= 0.3 is 5.97 Å². The fourth-order valence-electron chi connectivity index (χ4n) is 2.14. The molecule has 3 N–H and O–H groups in total. The van der Waals surface area contributed by atoms with Gasteiger partial charge in [-0.05, 0) is 50.2 Å². The predicted molar refractivity (Wildman–Crippen MR) is 97.5 cm³/mol. The van der Waals surface area contributed by atoms with Crippen LogP contribution in [0.3, 0.4) is 0 Å². The van der Waals surface area contributed by atoms with Crippen LogP contribution in [0.15, 0.2) is 42.5 Å². The standard InChI is InChI=1S/C18H17N3O6/c1-10(22)12-3-6-14(7-4-12)20-17(23)11(2)27-18(24)13-5-8-15(19)16(9-13)21(25)26/h3-9,11H,19H2,1-2H3,(H,20,23). The average Bonchev–Trinajstić information content (AvgIpc) is 2.62. The third-order valence-corrected chi connectivity index (χ3v) is 3.67. The van der Waals surface area contributed by atoms with E-state index in [-0.39, 0.29) is 17.0 Å². The van der Waals surface area contributed by atoms with Gasteiger partial charge in [-0.1, -0.05) is 0 Å². The van der Waals surface area contributed by atoms with Crippen molar-refractivity contribution in [2.75, 3.05) is 11.1 Å². The summed E-state index contributed by atoms with van der Waals surface area (Å²) in [6.07, 6.45) is -1.15. The molecular weight excluding hydrogens is 354 g/mol. The van der Waals surface area contributed by atoms with Crippen molar-refractivity contribution < 1.29 is 24.0 Å². The molecular formula is C18H17N3O6. The van der Waals surface area contributed by atoms with Gasteiger partial charge < -0.3 is 15.8 Å². The Morgan fingerprint density at radius 3 is 2.26 bits per heavy atom. The summed E-state index contributed by atoms with van der Waals surface area (Å²) in [6.45, 7) is 2.79. The Morgan fingerprint density at radius 1 is 1.11 bits per heavy atom. The fourth-order valence-corrected chi connectivity index (χ4v) is 2.14. The van der Waals surface area contributed by atoms with Gasteiger partial charge in [-0.15, -0.1) is 0 Å². The number of Topliss-reactive ketones (excluding diaryl/α,β-unsaturated/α-hetero) is 1. The second-order valence-electron chi connectivity index (χ2n) is 5.70. The molecule has 0 fully saturated rings. The molecule has 2 aromatic rings. The number of benzene rings is 2. The fraction of sp³-hybridized carbons (Fsp3) is 0.167. The Bertz CT molecular complexity index is 908. The second kappa shape index (κ2) is 8.09. The number of carbonyl (C=O) groups excluding carboxylic acids is 3. The van der Waals surface area contributed by atoms with E-state index in [1.807, 2.05) is 0 Å². The lowest BCUT2D eigenvalue weighted by Crippen LogP contribution is -2.30. The predicted octanol–water partition coefficient (Wildman–Crippen LogP) is 2.56. The number of nitro groups is 1. The first-order valence-corrected chi connectivity index (χ1v) is 7.86. The minimum Gasteiger partial charge on any atom is -0.449 e. The first-order chi connectivity index (χ1) is 12.7. The maximum atomic E-state index is 12.1. The van der Waals surface area contributed by atoms with Gasteiger partial charge in [0.2, 0.25) is 0 Å². The van der Waals surface area contributed by atoms with E-state index in [4.69, 9.17) is 10.5 Å². The summed E-state index contributed by atoms with van der Waals surface area (Å²) in [5, 5.41) is 13.4. The zero-order valence-electron chi connectivity index (χ0n) is 14.6. The number of amides is 1. The maximum absolute atomic E-state index is 12.1. The molecule has 1 atom stereocenters. The number of ether oxygens (including phenoxy) is 1. The molecule has 0 aliphatic rings. The van der Waals surface area contributed by atoms with E-state index >= 15 is 0 Å². The minimum atomic E-state index is -1.15. The second-order valence-corrected chi connectivity index (χ2v) is 5.70. The highest BCUT2D eigenvalue weighted by molar-refractivity contribution is 5.98. The zero-order chi connectivity index (χ0) is 20.1. The lowest BCUT2D eigenvalue weighted by atomic mass is 10.1. The molecule has 0 radical (unpaired) electrons. The minimum absolute atomic E-state index is 0.0867. The molecule has 27 heavy (non-hydrogen) atoms. The molecule has 0 saturated carbocycles. The van der Waals surface area contributed by atoms with Gasteiger partial charge in [0.25, 0.3) is 11.6 Å². The van der Waals surface area contributed by atoms with Crippen LogP contribution in [0, 0.1) is 10.1 Å². The summed E-state index contributed by atoms with van der Waals surface area (Å²) < 4.78 is 5.04. The van der Waals surface area contributed by atoms with Crippen molar-refractivity contribution >= 4 is 34.7 Å². The lowest BCUT2D eigenvalue weighted by molar-refractivity contribution is -0.383. The smallest absolute Gasteiger partial charge is 0.339 e. The highest BCUT2D eigenvalue weighted by Crippen LogP contribution is 2.23. The number of esters is 1. The number of nitrogens with two attached hydrogens (primary N) is 1. The summed E-state index contributed by atoms with van der Waals surface area (Å²) in [6, 6.07) is 9.69. The molecule has 0 bridgehead atoms. The Labute approximate surface area is 154 Å². The number of nitrogens with zero attached hydrogens (tertiary/aromatic N) is 1. The van der Waals surface area contributed by atoms with Crippen molar-refractivity contribution in [2.24, 2.45) is 0 Å². The first-order valence-electron chi connectivity index (χ1n) is 7.86. The van der Waals surface area contributed by atoms with Gasteiger partial charge in [0, 0.05) is 17.3 Å². The van der Waals surface area contributed by atoms with Crippen molar-refractivity contribution in [3.8, 4) is 0 Å². The monoisotopic (exact) mass is 371 g/mol. The molecule has 0 aromatic heterocycles. The number of nitrogen functional groups attached to an aromatic ring is 1. The van der Waals surface area contributed by atoms with Crippen molar-refractivity contribution in [2.45, 2.75) is 20.0 Å². The van der Waals surface area contributed by atoms with Gasteiger partial charge in [-0.3, -0.25) is 19.7 Å². The summed E-state index contributed by atoms with van der Waals surface area (Å²) in [7, 11) is 0. The lowest BCUT2D eigenvalue weighted by Gasteiger charge is -2.14. The number of nitrogens with one attached hydrogen (secondary N) is 1. The van der Waals surface area contributed by atoms with E-state index in [1.54, 1.807) is 24.3 Å². The van der Waals surface area contributed by atoms with Crippen LogP contribution in [0.25, 0.3) is 0 Å². The molecule has 1 unspecified atom stereocenters. The SMILES string of the molecule is CC(=O)c1ccc(NC(=O)C(C)OC(=O)c2ccc(N)c([N+](=O)[O-])c2)cc1. The summed E-state index contributed by atoms with van der Waals surface area (Å²) in [5.74, 6) is -1.59. The Balaban J connectivity index is 2.03. The van der Waals surface area contributed by atoms with Crippen molar-refractivity contribution in [1.82, 2.24) is 0 Å². The Hall–Kier alpha value is -3.75. The molecule has 2 aromatic carbocycles. The number of rotatable bonds is 6. The van der Waals surface area contributed by atoms with E-state index in [1.165, 1.54) is 26.0 Å². The van der Waals surface area contributed by atoms with Crippen LogP contribution in [0.4, 0.5) is 17.1 Å². The van der Waals surface area contributed by atoms with Crippen LogP contribution in [0.5, 0.6) is 0 Å². The third-order valence-electron chi connectivity index (χ3n) is 3.67. The number of hydrogen-bond donors (Lipinski definition) is 2. The van der Waals surface area contributed by atoms with E-state index < -0.39 is 28.6 Å². The van der Waals surface area contributed by atoms with E-state index in [9.17, 15) is 24.5 Å². The quantitative estimate of drug-likeness (QED) is 0.261. The molecule has 0 aliphatic heterocycles. The molecule has 9 nitrogen and oxygen atoms in total. The normalized spacial score (nSPS) is 11.3.